The molecule has 2 rings (SSSR count). The Kier molecular flexibility index (Phi) is 3.23. The highest BCUT2D eigenvalue weighted by molar-refractivity contribution is 4.82. The van der Waals surface area contributed by atoms with Crippen molar-refractivity contribution in [1.29, 1.82) is 0 Å². The van der Waals surface area contributed by atoms with Crippen molar-refractivity contribution in [3.8, 4) is 0 Å². The third-order valence-electron chi connectivity index (χ3n) is 3.58. The quantitative estimate of drug-likeness (QED) is 0.669. The van der Waals surface area contributed by atoms with Crippen LogP contribution in [0.3, 0.4) is 0 Å². The van der Waals surface area contributed by atoms with Crippen molar-refractivity contribution in [2.24, 2.45) is 5.73 Å². The first-order valence-electron chi connectivity index (χ1n) is 5.86. The Morgan fingerprint density at radius 3 is 2.38 bits per heavy atom. The van der Waals surface area contributed by atoms with Gasteiger partial charge in [0.05, 0.1) is 0 Å². The lowest BCUT2D eigenvalue weighted by molar-refractivity contribution is 0.120. The second kappa shape index (κ2) is 4.43. The first-order valence-corrected chi connectivity index (χ1v) is 5.86. The van der Waals surface area contributed by atoms with Crippen LogP contribution >= 0.6 is 0 Å². The van der Waals surface area contributed by atoms with Gasteiger partial charge in [-0.05, 0) is 32.2 Å². The lowest BCUT2D eigenvalue weighted by Crippen LogP contribution is -2.48. The van der Waals surface area contributed by atoms with Crippen molar-refractivity contribution in [1.82, 2.24) is 4.90 Å². The average molecular weight is 182 g/mol. The smallest absolute Gasteiger partial charge is 0.0168 e. The van der Waals surface area contributed by atoms with Crippen LogP contribution in [0.15, 0.2) is 0 Å². The highest BCUT2D eigenvalue weighted by Crippen LogP contribution is 2.24. The second-order valence-corrected chi connectivity index (χ2v) is 4.69. The Morgan fingerprint density at radius 2 is 1.69 bits per heavy atom. The molecule has 0 radical (unpaired) electrons. The van der Waals surface area contributed by atoms with Gasteiger partial charge in [-0.3, -0.25) is 4.90 Å². The monoisotopic (exact) mass is 182 g/mol. The van der Waals surface area contributed by atoms with Gasteiger partial charge in [-0.25, -0.2) is 0 Å². The van der Waals surface area contributed by atoms with Crippen molar-refractivity contribution < 1.29 is 0 Å². The Labute approximate surface area is 81.5 Å². The van der Waals surface area contributed by atoms with Crippen molar-refractivity contribution in [3.05, 3.63) is 0 Å². The number of rotatable bonds is 1. The van der Waals surface area contributed by atoms with Crippen molar-refractivity contribution in [2.75, 3.05) is 13.1 Å². The molecule has 0 bridgehead atoms. The van der Waals surface area contributed by atoms with E-state index in [1.54, 1.807) is 0 Å². The van der Waals surface area contributed by atoms with Crippen LogP contribution in [0.1, 0.15) is 44.9 Å². The highest BCUT2D eigenvalue weighted by Gasteiger charge is 2.24. The summed E-state index contributed by atoms with van der Waals surface area (Å²) in [6.45, 7) is 2.46. The molecule has 76 valence electrons. The van der Waals surface area contributed by atoms with Crippen LogP contribution in [0.25, 0.3) is 0 Å². The van der Waals surface area contributed by atoms with Gasteiger partial charge in [-0.2, -0.15) is 0 Å². The number of nitrogens with zero attached hydrogens (tertiary/aromatic N) is 1. The molecule has 1 saturated heterocycles. The van der Waals surface area contributed by atoms with Crippen molar-refractivity contribution >= 4 is 0 Å². The maximum Gasteiger partial charge on any atom is 0.0168 e. The largest absolute Gasteiger partial charge is 0.327 e. The minimum absolute atomic E-state index is 0.454. The predicted molar refractivity (Wildman–Crippen MR) is 55.7 cm³/mol. The van der Waals surface area contributed by atoms with Crippen molar-refractivity contribution in [2.45, 2.75) is 57.0 Å². The fraction of sp³-hybridized carbons (Fsp3) is 1.00. The normalized spacial score (nSPS) is 33.5. The van der Waals surface area contributed by atoms with E-state index in [0.717, 1.165) is 12.6 Å². The zero-order chi connectivity index (χ0) is 9.10. The summed E-state index contributed by atoms with van der Waals surface area (Å²) in [5, 5.41) is 0. The lowest BCUT2D eigenvalue weighted by Gasteiger charge is -2.38. The molecule has 2 N–H and O–H groups in total. The lowest BCUT2D eigenvalue weighted by atomic mass is 9.92. The van der Waals surface area contributed by atoms with Gasteiger partial charge in [0.2, 0.25) is 0 Å². The molecular weight excluding hydrogens is 160 g/mol. The van der Waals surface area contributed by atoms with E-state index >= 15 is 0 Å². The molecule has 1 atom stereocenters. The van der Waals surface area contributed by atoms with Gasteiger partial charge in [0.25, 0.3) is 0 Å². The van der Waals surface area contributed by atoms with Crippen LogP contribution in [-0.2, 0) is 0 Å². The molecule has 0 unspecified atom stereocenters. The van der Waals surface area contributed by atoms with E-state index in [4.69, 9.17) is 5.73 Å². The summed E-state index contributed by atoms with van der Waals surface area (Å²) in [5.74, 6) is 0. The van der Waals surface area contributed by atoms with Crippen LogP contribution in [0.2, 0.25) is 0 Å². The third kappa shape index (κ3) is 2.44. The Hall–Kier alpha value is -0.0800. The predicted octanol–water partition coefficient (Wildman–Crippen LogP) is 1.74. The van der Waals surface area contributed by atoms with Gasteiger partial charge >= 0.3 is 0 Å². The van der Waals surface area contributed by atoms with E-state index in [0.29, 0.717) is 6.04 Å². The number of likely N-dealkylation sites (tertiary alicyclic amines) is 1. The molecule has 2 fully saturated rings. The van der Waals surface area contributed by atoms with E-state index < -0.39 is 0 Å². The summed E-state index contributed by atoms with van der Waals surface area (Å²) >= 11 is 0. The van der Waals surface area contributed by atoms with Crippen LogP contribution in [0.5, 0.6) is 0 Å². The van der Waals surface area contributed by atoms with Gasteiger partial charge in [-0.1, -0.05) is 19.3 Å². The van der Waals surface area contributed by atoms with E-state index in [-0.39, 0.29) is 0 Å². The van der Waals surface area contributed by atoms with Gasteiger partial charge in [0.15, 0.2) is 0 Å². The Morgan fingerprint density at radius 1 is 0.923 bits per heavy atom. The van der Waals surface area contributed by atoms with Gasteiger partial charge in [0.1, 0.15) is 0 Å². The number of hydrogen-bond acceptors (Lipinski definition) is 2. The molecule has 2 nitrogen and oxygen atoms in total. The second-order valence-electron chi connectivity index (χ2n) is 4.69. The van der Waals surface area contributed by atoms with Gasteiger partial charge in [-0.15, -0.1) is 0 Å². The topological polar surface area (TPSA) is 29.3 Å². The fourth-order valence-corrected chi connectivity index (χ4v) is 2.82. The molecule has 13 heavy (non-hydrogen) atoms. The van der Waals surface area contributed by atoms with Crippen LogP contribution in [0.4, 0.5) is 0 Å². The molecule has 0 aromatic heterocycles. The highest BCUT2D eigenvalue weighted by atomic mass is 15.2. The minimum Gasteiger partial charge on any atom is -0.327 e. The Balaban J connectivity index is 1.83. The van der Waals surface area contributed by atoms with Crippen LogP contribution < -0.4 is 5.73 Å². The molecule has 1 heterocycles. The molecule has 1 aliphatic heterocycles. The zero-order valence-electron chi connectivity index (χ0n) is 8.54. The van der Waals surface area contributed by atoms with Gasteiger partial charge in [0, 0.05) is 18.6 Å². The standard InChI is InChI=1S/C11H22N2/c12-10-5-4-8-13(9-10)11-6-2-1-3-7-11/h10-11H,1-9,12H2/t10-/m1/s1. The average Bonchev–Trinajstić information content (AvgIpc) is 2.19. The summed E-state index contributed by atoms with van der Waals surface area (Å²) in [6.07, 6.45) is 9.74. The summed E-state index contributed by atoms with van der Waals surface area (Å²) < 4.78 is 0. The van der Waals surface area contributed by atoms with Gasteiger partial charge < -0.3 is 5.73 Å². The molecule has 0 aromatic carbocycles. The minimum atomic E-state index is 0.454. The summed E-state index contributed by atoms with van der Waals surface area (Å²) in [7, 11) is 0. The molecule has 2 heteroatoms. The zero-order valence-corrected chi connectivity index (χ0v) is 8.54. The molecule has 0 spiro atoms. The molecule has 0 aromatic rings. The Bertz CT molecular complexity index is 152. The van der Waals surface area contributed by atoms with E-state index in [9.17, 15) is 0 Å². The summed E-state index contributed by atoms with van der Waals surface area (Å²) in [4.78, 5) is 2.65. The molecular formula is C11H22N2. The van der Waals surface area contributed by atoms with E-state index in [1.807, 2.05) is 0 Å². The van der Waals surface area contributed by atoms with Crippen LogP contribution in [0, 0.1) is 0 Å². The molecule has 0 amide bonds. The number of hydrogen-bond donors (Lipinski definition) is 1. The first-order chi connectivity index (χ1) is 6.36. The van der Waals surface area contributed by atoms with Crippen LogP contribution in [-0.4, -0.2) is 30.1 Å². The first kappa shape index (κ1) is 9.47. The SMILES string of the molecule is N[C@@H]1CCCN(C2CCCCC2)C1. The molecule has 2 aliphatic rings. The number of piperidine rings is 1. The summed E-state index contributed by atoms with van der Waals surface area (Å²) in [5.41, 5.74) is 5.99. The van der Waals surface area contributed by atoms with E-state index in [2.05, 4.69) is 4.90 Å². The maximum absolute atomic E-state index is 5.99. The maximum atomic E-state index is 5.99. The van der Waals surface area contributed by atoms with E-state index in [1.165, 1.54) is 51.5 Å². The third-order valence-corrected chi connectivity index (χ3v) is 3.58. The molecule has 1 saturated carbocycles. The fourth-order valence-electron chi connectivity index (χ4n) is 2.82. The summed E-state index contributed by atoms with van der Waals surface area (Å²) in [6, 6.07) is 1.33. The van der Waals surface area contributed by atoms with Crippen molar-refractivity contribution in [3.63, 3.8) is 0 Å². The number of nitrogens with two attached hydrogens (primary N) is 1. The molecule has 1 aliphatic carbocycles.